The Morgan fingerprint density at radius 1 is 1.20 bits per heavy atom. The van der Waals surface area contributed by atoms with Crippen LogP contribution in [0.15, 0.2) is 36.2 Å². The van der Waals surface area contributed by atoms with Crippen molar-refractivity contribution >= 4 is 11.8 Å². The molecule has 2 heterocycles. The van der Waals surface area contributed by atoms with E-state index in [1.807, 2.05) is 17.0 Å². The van der Waals surface area contributed by atoms with Crippen molar-refractivity contribution in [2.24, 2.45) is 5.92 Å². The number of carbonyl (C=O) groups excluding carboxylic acids is 2. The molecular formula is C20H27N3O2. The Bertz CT molecular complexity index is 619. The normalized spacial score (nSPS) is 19.0. The second kappa shape index (κ2) is 8.79. The highest BCUT2D eigenvalue weighted by molar-refractivity contribution is 5.93. The third-order valence-electron chi connectivity index (χ3n) is 5.16. The molecule has 2 amide bonds. The van der Waals surface area contributed by atoms with Crippen molar-refractivity contribution in [2.45, 2.75) is 51.5 Å². The van der Waals surface area contributed by atoms with Gasteiger partial charge in [0.25, 0.3) is 0 Å². The van der Waals surface area contributed by atoms with Crippen LogP contribution in [0, 0.1) is 5.92 Å². The van der Waals surface area contributed by atoms with Crippen molar-refractivity contribution in [3.8, 4) is 0 Å². The summed E-state index contributed by atoms with van der Waals surface area (Å²) in [5, 5.41) is 2.99. The fourth-order valence-electron chi connectivity index (χ4n) is 3.59. The van der Waals surface area contributed by atoms with Gasteiger partial charge in [0.2, 0.25) is 11.8 Å². The Balaban J connectivity index is 1.45. The molecule has 5 heteroatoms. The summed E-state index contributed by atoms with van der Waals surface area (Å²) in [5.74, 6) is 0.282. The topological polar surface area (TPSA) is 62.3 Å². The minimum Gasteiger partial charge on any atom is -0.352 e. The second-order valence-electron chi connectivity index (χ2n) is 6.97. The van der Waals surface area contributed by atoms with Gasteiger partial charge in [-0.25, -0.2) is 0 Å². The molecule has 0 aromatic carbocycles. The summed E-state index contributed by atoms with van der Waals surface area (Å²) in [6.07, 6.45) is 12.6. The summed E-state index contributed by atoms with van der Waals surface area (Å²) in [6.45, 7) is 1.88. The number of aromatic nitrogens is 1. The number of nitrogens with one attached hydrogen (secondary N) is 1. The molecule has 1 aromatic heterocycles. The minimum atomic E-state index is 0.00355. The van der Waals surface area contributed by atoms with Gasteiger partial charge >= 0.3 is 0 Å². The molecule has 1 aliphatic carbocycles. The first-order valence-corrected chi connectivity index (χ1v) is 9.39. The van der Waals surface area contributed by atoms with E-state index in [1.54, 1.807) is 12.4 Å². The van der Waals surface area contributed by atoms with E-state index in [4.69, 9.17) is 0 Å². The van der Waals surface area contributed by atoms with E-state index >= 15 is 0 Å². The predicted octanol–water partition coefficient (Wildman–Crippen LogP) is 2.83. The van der Waals surface area contributed by atoms with E-state index < -0.39 is 0 Å². The number of rotatable bonds is 4. The van der Waals surface area contributed by atoms with E-state index in [1.165, 1.54) is 12.8 Å². The van der Waals surface area contributed by atoms with Gasteiger partial charge in [-0.05, 0) is 50.2 Å². The van der Waals surface area contributed by atoms with Crippen LogP contribution < -0.4 is 5.32 Å². The van der Waals surface area contributed by atoms with Gasteiger partial charge in [0.15, 0.2) is 0 Å². The van der Waals surface area contributed by atoms with Gasteiger partial charge in [0.1, 0.15) is 0 Å². The van der Waals surface area contributed by atoms with Crippen LogP contribution in [0.5, 0.6) is 0 Å². The highest BCUT2D eigenvalue weighted by atomic mass is 16.2. The maximum absolute atomic E-state index is 12.6. The third kappa shape index (κ3) is 4.91. The minimum absolute atomic E-state index is 0.00355. The van der Waals surface area contributed by atoms with Crippen LogP contribution in [0.2, 0.25) is 0 Å². The summed E-state index contributed by atoms with van der Waals surface area (Å²) in [7, 11) is 0. The number of amides is 2. The monoisotopic (exact) mass is 341 g/mol. The van der Waals surface area contributed by atoms with Gasteiger partial charge in [-0.3, -0.25) is 14.6 Å². The van der Waals surface area contributed by atoms with Crippen molar-refractivity contribution in [2.75, 3.05) is 13.1 Å². The summed E-state index contributed by atoms with van der Waals surface area (Å²) in [5.41, 5.74) is 1.99. The molecule has 1 fully saturated rings. The Kier molecular flexibility index (Phi) is 6.20. The molecule has 0 radical (unpaired) electrons. The van der Waals surface area contributed by atoms with E-state index in [0.717, 1.165) is 43.2 Å². The first-order valence-electron chi connectivity index (χ1n) is 9.39. The fraction of sp³-hybridized carbons (Fsp3) is 0.550. The molecule has 0 atom stereocenters. The van der Waals surface area contributed by atoms with Crippen LogP contribution in [0.1, 0.15) is 50.5 Å². The summed E-state index contributed by atoms with van der Waals surface area (Å²) < 4.78 is 0. The highest BCUT2D eigenvalue weighted by Crippen LogP contribution is 2.23. The first kappa shape index (κ1) is 17.6. The van der Waals surface area contributed by atoms with Crippen LogP contribution in [0.4, 0.5) is 0 Å². The summed E-state index contributed by atoms with van der Waals surface area (Å²) in [4.78, 5) is 31.0. The van der Waals surface area contributed by atoms with Gasteiger partial charge in [0.05, 0.1) is 0 Å². The summed E-state index contributed by atoms with van der Waals surface area (Å²) in [6, 6.07) is 3.82. The van der Waals surface area contributed by atoms with Crippen molar-refractivity contribution in [3.63, 3.8) is 0 Å². The van der Waals surface area contributed by atoms with Crippen molar-refractivity contribution in [1.82, 2.24) is 15.2 Å². The van der Waals surface area contributed by atoms with E-state index in [9.17, 15) is 9.59 Å². The Hall–Kier alpha value is -2.17. The van der Waals surface area contributed by atoms with E-state index in [0.29, 0.717) is 19.6 Å². The van der Waals surface area contributed by atoms with E-state index in [-0.39, 0.29) is 17.7 Å². The lowest BCUT2D eigenvalue weighted by atomic mass is 9.95. The van der Waals surface area contributed by atoms with Gasteiger partial charge in [0, 0.05) is 43.5 Å². The predicted molar refractivity (Wildman–Crippen MR) is 96.6 cm³/mol. The highest BCUT2D eigenvalue weighted by Gasteiger charge is 2.28. The number of hydrogen-bond donors (Lipinski definition) is 1. The number of nitrogens with zero attached hydrogens (tertiary/aromatic N) is 2. The van der Waals surface area contributed by atoms with Crippen LogP contribution in [-0.4, -0.2) is 34.8 Å². The first-order chi connectivity index (χ1) is 12.2. The average molecular weight is 341 g/mol. The zero-order valence-corrected chi connectivity index (χ0v) is 14.7. The third-order valence-corrected chi connectivity index (χ3v) is 5.16. The maximum atomic E-state index is 12.6. The lowest BCUT2D eigenvalue weighted by molar-refractivity contribution is -0.133. The molecule has 3 rings (SSSR count). The average Bonchev–Trinajstić information content (AvgIpc) is 2.96. The molecule has 1 aromatic rings. The van der Waals surface area contributed by atoms with Gasteiger partial charge < -0.3 is 10.2 Å². The number of pyridine rings is 1. The molecule has 1 saturated heterocycles. The number of carbonyl (C=O) groups is 2. The number of piperidine rings is 1. The van der Waals surface area contributed by atoms with Crippen LogP contribution >= 0.6 is 0 Å². The molecule has 0 spiro atoms. The quantitative estimate of drug-likeness (QED) is 0.916. The largest absolute Gasteiger partial charge is 0.352 e. The molecule has 1 aliphatic heterocycles. The van der Waals surface area contributed by atoms with Gasteiger partial charge in [-0.1, -0.05) is 18.6 Å². The van der Waals surface area contributed by atoms with Gasteiger partial charge in [-0.15, -0.1) is 0 Å². The smallest absolute Gasteiger partial charge is 0.249 e. The molecule has 25 heavy (non-hydrogen) atoms. The zero-order valence-electron chi connectivity index (χ0n) is 14.7. The molecule has 5 nitrogen and oxygen atoms in total. The van der Waals surface area contributed by atoms with Crippen LogP contribution in [-0.2, 0) is 16.1 Å². The van der Waals surface area contributed by atoms with Crippen molar-refractivity contribution in [1.29, 1.82) is 0 Å². The second-order valence-corrected chi connectivity index (χ2v) is 6.97. The Morgan fingerprint density at radius 2 is 2.04 bits per heavy atom. The summed E-state index contributed by atoms with van der Waals surface area (Å²) >= 11 is 0. The number of allylic oxidation sites excluding steroid dienone is 1. The SMILES string of the molecule is O=C(NCc1cccnc1)C1CCN(C(=O)C2=CCCCCC2)CC1. The Labute approximate surface area is 149 Å². The standard InChI is InChI=1S/C20H27N3O2/c24-19(22-15-16-6-5-11-21-14-16)17-9-12-23(13-10-17)20(25)18-7-3-1-2-4-8-18/h5-7,11,14,17H,1-4,8-10,12-13,15H2,(H,22,24). The van der Waals surface area contributed by atoms with Gasteiger partial charge in [-0.2, -0.15) is 0 Å². The molecule has 0 saturated carbocycles. The van der Waals surface area contributed by atoms with Crippen molar-refractivity contribution in [3.05, 3.63) is 41.7 Å². The van der Waals surface area contributed by atoms with E-state index in [2.05, 4.69) is 16.4 Å². The maximum Gasteiger partial charge on any atom is 0.249 e. The van der Waals surface area contributed by atoms with Crippen LogP contribution in [0.3, 0.4) is 0 Å². The molecule has 0 bridgehead atoms. The molecule has 2 aliphatic rings. The fourth-order valence-corrected chi connectivity index (χ4v) is 3.59. The Morgan fingerprint density at radius 3 is 2.80 bits per heavy atom. The zero-order chi connectivity index (χ0) is 17.5. The molecular weight excluding hydrogens is 314 g/mol. The lowest BCUT2D eigenvalue weighted by Gasteiger charge is -2.32. The lowest BCUT2D eigenvalue weighted by Crippen LogP contribution is -2.43. The molecule has 1 N–H and O–H groups in total. The molecule has 134 valence electrons. The number of hydrogen-bond acceptors (Lipinski definition) is 3. The number of likely N-dealkylation sites (tertiary alicyclic amines) is 1. The van der Waals surface area contributed by atoms with Crippen molar-refractivity contribution < 1.29 is 9.59 Å². The molecule has 0 unspecified atom stereocenters. The van der Waals surface area contributed by atoms with Crippen LogP contribution in [0.25, 0.3) is 0 Å².